The fourth-order valence-electron chi connectivity index (χ4n) is 3.38. The predicted octanol–water partition coefficient (Wildman–Crippen LogP) is 1.67. The van der Waals surface area contributed by atoms with Gasteiger partial charge in [0.05, 0.1) is 6.04 Å². The molecule has 1 saturated heterocycles. The van der Waals surface area contributed by atoms with Gasteiger partial charge in [-0.3, -0.25) is 4.79 Å². The summed E-state index contributed by atoms with van der Waals surface area (Å²) in [6.45, 7) is 6.95. The van der Waals surface area contributed by atoms with Crippen LogP contribution >= 0.6 is 0 Å². The summed E-state index contributed by atoms with van der Waals surface area (Å²) in [6, 6.07) is 8.42. The molecule has 1 aromatic rings. The zero-order valence-corrected chi connectivity index (χ0v) is 17.8. The number of amides is 3. The van der Waals surface area contributed by atoms with Gasteiger partial charge >= 0.3 is 6.03 Å². The van der Waals surface area contributed by atoms with Gasteiger partial charge in [-0.15, -0.1) is 0 Å². The highest BCUT2D eigenvalue weighted by molar-refractivity contribution is 5.88. The average Bonchev–Trinajstić information content (AvgIpc) is 2.71. The maximum Gasteiger partial charge on any atom is 0.318 e. The van der Waals surface area contributed by atoms with Crippen molar-refractivity contribution in [2.75, 3.05) is 33.2 Å². The Balaban J connectivity index is 1.92. The summed E-state index contributed by atoms with van der Waals surface area (Å²) >= 11 is 0. The molecular formula is C22H34N4O3. The Morgan fingerprint density at radius 3 is 2.31 bits per heavy atom. The first-order valence-electron chi connectivity index (χ1n) is 10.4. The third kappa shape index (κ3) is 7.85. The quantitative estimate of drug-likeness (QED) is 0.616. The third-order valence-corrected chi connectivity index (χ3v) is 5.19. The summed E-state index contributed by atoms with van der Waals surface area (Å²) in [4.78, 5) is 40.8. The summed E-state index contributed by atoms with van der Waals surface area (Å²) in [5.41, 5.74) is 1.12. The topological polar surface area (TPSA) is 81.8 Å². The number of aldehydes is 1. The first-order chi connectivity index (χ1) is 13.9. The Kier molecular flexibility index (Phi) is 9.12. The molecule has 160 valence electrons. The number of urea groups is 1. The van der Waals surface area contributed by atoms with Crippen molar-refractivity contribution in [2.45, 2.75) is 45.2 Å². The molecule has 1 fully saturated rings. The SMILES string of the molecule is CC(C)CC(NC(=O)N1CCN(C)CC1)C(=O)N[C@H](C=O)CCc1ccccc1. The number of hydrogen-bond acceptors (Lipinski definition) is 4. The number of hydrogen-bond donors (Lipinski definition) is 2. The van der Waals surface area contributed by atoms with E-state index >= 15 is 0 Å². The lowest BCUT2D eigenvalue weighted by Gasteiger charge is -2.33. The summed E-state index contributed by atoms with van der Waals surface area (Å²) in [7, 11) is 2.03. The molecule has 3 amide bonds. The first-order valence-corrected chi connectivity index (χ1v) is 10.4. The number of likely N-dealkylation sites (N-methyl/N-ethyl adjacent to an activating group) is 1. The molecule has 1 aliphatic heterocycles. The van der Waals surface area contributed by atoms with Gasteiger partial charge in [0.2, 0.25) is 5.91 Å². The molecule has 0 aliphatic carbocycles. The van der Waals surface area contributed by atoms with E-state index in [-0.39, 0.29) is 17.9 Å². The van der Waals surface area contributed by atoms with Crippen molar-refractivity contribution >= 4 is 18.2 Å². The lowest BCUT2D eigenvalue weighted by atomic mass is 10.0. The van der Waals surface area contributed by atoms with Gasteiger partial charge in [0.1, 0.15) is 12.3 Å². The number of rotatable bonds is 9. The monoisotopic (exact) mass is 402 g/mol. The molecule has 2 N–H and O–H groups in total. The maximum atomic E-state index is 12.8. The predicted molar refractivity (Wildman–Crippen MR) is 114 cm³/mol. The van der Waals surface area contributed by atoms with Crippen LogP contribution in [0.5, 0.6) is 0 Å². The van der Waals surface area contributed by atoms with E-state index in [1.807, 2.05) is 51.2 Å². The molecule has 2 rings (SSSR count). The van der Waals surface area contributed by atoms with Gasteiger partial charge in [0.25, 0.3) is 0 Å². The van der Waals surface area contributed by atoms with Crippen LogP contribution in [0.4, 0.5) is 4.79 Å². The van der Waals surface area contributed by atoms with Crippen LogP contribution in [-0.2, 0) is 16.0 Å². The molecule has 1 unspecified atom stereocenters. The average molecular weight is 403 g/mol. The van der Waals surface area contributed by atoms with Gasteiger partial charge in [0, 0.05) is 26.2 Å². The van der Waals surface area contributed by atoms with E-state index in [1.165, 1.54) is 0 Å². The molecule has 2 atom stereocenters. The van der Waals surface area contributed by atoms with E-state index < -0.39 is 12.1 Å². The molecule has 0 spiro atoms. The highest BCUT2D eigenvalue weighted by Crippen LogP contribution is 2.09. The van der Waals surface area contributed by atoms with Crippen molar-refractivity contribution in [1.82, 2.24) is 20.4 Å². The number of carbonyl (C=O) groups excluding carboxylic acids is 3. The fraction of sp³-hybridized carbons (Fsp3) is 0.591. The Morgan fingerprint density at radius 2 is 1.72 bits per heavy atom. The Labute approximate surface area is 173 Å². The molecule has 29 heavy (non-hydrogen) atoms. The van der Waals surface area contributed by atoms with Crippen molar-refractivity contribution < 1.29 is 14.4 Å². The Bertz CT molecular complexity index is 657. The minimum absolute atomic E-state index is 0.217. The lowest BCUT2D eigenvalue weighted by Crippen LogP contribution is -2.56. The van der Waals surface area contributed by atoms with Crippen LogP contribution < -0.4 is 10.6 Å². The van der Waals surface area contributed by atoms with E-state index in [0.717, 1.165) is 24.9 Å². The number of carbonyl (C=O) groups is 3. The first kappa shape index (κ1) is 22.9. The third-order valence-electron chi connectivity index (χ3n) is 5.19. The van der Waals surface area contributed by atoms with Gasteiger partial charge in [-0.05, 0) is 37.8 Å². The van der Waals surface area contributed by atoms with Gasteiger partial charge in [-0.1, -0.05) is 44.2 Å². The maximum absolute atomic E-state index is 12.8. The number of piperazine rings is 1. The second-order valence-electron chi connectivity index (χ2n) is 8.20. The summed E-state index contributed by atoms with van der Waals surface area (Å²) < 4.78 is 0. The van der Waals surface area contributed by atoms with E-state index in [9.17, 15) is 14.4 Å². The second kappa shape index (κ2) is 11.6. The summed E-state index contributed by atoms with van der Waals surface area (Å²) in [5, 5.41) is 5.69. The number of nitrogens with zero attached hydrogens (tertiary/aromatic N) is 2. The molecular weight excluding hydrogens is 368 g/mol. The molecule has 0 aromatic heterocycles. The molecule has 1 aromatic carbocycles. The van der Waals surface area contributed by atoms with E-state index in [0.29, 0.717) is 32.4 Å². The van der Waals surface area contributed by atoms with Crippen LogP contribution in [-0.4, -0.2) is 73.3 Å². The van der Waals surface area contributed by atoms with Crippen LogP contribution in [0.25, 0.3) is 0 Å². The van der Waals surface area contributed by atoms with Crippen LogP contribution in [0.3, 0.4) is 0 Å². The smallest absolute Gasteiger partial charge is 0.318 e. The Hall–Kier alpha value is -2.41. The Morgan fingerprint density at radius 1 is 1.07 bits per heavy atom. The van der Waals surface area contributed by atoms with Crippen LogP contribution in [0, 0.1) is 5.92 Å². The molecule has 0 saturated carbocycles. The van der Waals surface area contributed by atoms with Gasteiger partial charge in [0.15, 0.2) is 0 Å². The van der Waals surface area contributed by atoms with Crippen molar-refractivity contribution in [3.63, 3.8) is 0 Å². The van der Waals surface area contributed by atoms with Crippen molar-refractivity contribution in [3.05, 3.63) is 35.9 Å². The van der Waals surface area contributed by atoms with E-state index in [2.05, 4.69) is 15.5 Å². The number of benzene rings is 1. The van der Waals surface area contributed by atoms with Crippen molar-refractivity contribution in [3.8, 4) is 0 Å². The zero-order chi connectivity index (χ0) is 21.2. The van der Waals surface area contributed by atoms with Gasteiger partial charge < -0.3 is 25.2 Å². The van der Waals surface area contributed by atoms with E-state index in [1.54, 1.807) is 4.90 Å². The van der Waals surface area contributed by atoms with Gasteiger partial charge in [-0.25, -0.2) is 4.79 Å². The lowest BCUT2D eigenvalue weighted by molar-refractivity contribution is -0.126. The summed E-state index contributed by atoms with van der Waals surface area (Å²) in [5.74, 6) is -0.0659. The number of aryl methyl sites for hydroxylation is 1. The largest absolute Gasteiger partial charge is 0.345 e. The van der Waals surface area contributed by atoms with Crippen molar-refractivity contribution in [1.29, 1.82) is 0 Å². The molecule has 7 heteroatoms. The van der Waals surface area contributed by atoms with Crippen molar-refractivity contribution in [2.24, 2.45) is 5.92 Å². The fourth-order valence-corrected chi connectivity index (χ4v) is 3.38. The molecule has 0 bridgehead atoms. The van der Waals surface area contributed by atoms with Crippen LogP contribution in [0.15, 0.2) is 30.3 Å². The highest BCUT2D eigenvalue weighted by atomic mass is 16.2. The second-order valence-corrected chi connectivity index (χ2v) is 8.20. The molecule has 0 radical (unpaired) electrons. The molecule has 7 nitrogen and oxygen atoms in total. The number of nitrogens with one attached hydrogen (secondary N) is 2. The summed E-state index contributed by atoms with van der Waals surface area (Å²) in [6.07, 6.45) is 2.53. The normalized spacial score (nSPS) is 16.9. The highest BCUT2D eigenvalue weighted by Gasteiger charge is 2.27. The minimum atomic E-state index is -0.652. The van der Waals surface area contributed by atoms with Crippen LogP contribution in [0.2, 0.25) is 0 Å². The molecule has 1 aliphatic rings. The van der Waals surface area contributed by atoms with Gasteiger partial charge in [-0.2, -0.15) is 0 Å². The van der Waals surface area contributed by atoms with Crippen LogP contribution in [0.1, 0.15) is 32.3 Å². The molecule has 1 heterocycles. The zero-order valence-electron chi connectivity index (χ0n) is 17.8. The standard InChI is InChI=1S/C22H34N4O3/c1-17(2)15-20(24-22(29)26-13-11-25(3)12-14-26)21(28)23-19(16-27)10-9-18-7-5-4-6-8-18/h4-8,16-17,19-20H,9-15H2,1-3H3,(H,23,28)(H,24,29)/t19-,20?/m0/s1. The minimum Gasteiger partial charge on any atom is -0.345 e. The van der Waals surface area contributed by atoms with E-state index in [4.69, 9.17) is 0 Å².